The lowest BCUT2D eigenvalue weighted by Crippen LogP contribution is -2.05. The first kappa shape index (κ1) is 13.1. The van der Waals surface area contributed by atoms with Crippen LogP contribution in [0.3, 0.4) is 0 Å². The van der Waals surface area contributed by atoms with E-state index in [-0.39, 0.29) is 0 Å². The average Bonchev–Trinajstić information content (AvgIpc) is 2.68. The summed E-state index contributed by atoms with van der Waals surface area (Å²) in [5.74, 6) is 0. The summed E-state index contributed by atoms with van der Waals surface area (Å²) in [5, 5.41) is 4.13. The molecule has 1 heterocycles. The predicted octanol–water partition coefficient (Wildman–Crippen LogP) is 4.36. The maximum absolute atomic E-state index is 6.14. The lowest BCUT2D eigenvalue weighted by molar-refractivity contribution is 1.02. The van der Waals surface area contributed by atoms with Crippen LogP contribution in [0.4, 0.5) is 5.69 Å². The van der Waals surface area contributed by atoms with E-state index in [1.54, 1.807) is 11.3 Å². The molecular formula is C12H12ClIN2S. The van der Waals surface area contributed by atoms with Gasteiger partial charge in [0.1, 0.15) is 0 Å². The number of rotatable bonds is 4. The molecule has 5 heteroatoms. The number of nitrogens with one attached hydrogen (secondary N) is 1. The summed E-state index contributed by atoms with van der Waals surface area (Å²) < 4.78 is 1.15. The minimum absolute atomic E-state index is 0.776. The number of benzene rings is 1. The topological polar surface area (TPSA) is 24.9 Å². The zero-order valence-electron chi connectivity index (χ0n) is 9.34. The van der Waals surface area contributed by atoms with Crippen molar-refractivity contribution in [2.75, 3.05) is 11.9 Å². The fourth-order valence-corrected chi connectivity index (χ4v) is 3.21. The Balaban J connectivity index is 1.92. The molecule has 1 N–H and O–H groups in total. The smallest absolute Gasteiger partial charge is 0.0797 e. The monoisotopic (exact) mass is 378 g/mol. The Morgan fingerprint density at radius 2 is 2.29 bits per heavy atom. The van der Waals surface area contributed by atoms with E-state index in [1.807, 2.05) is 30.6 Å². The van der Waals surface area contributed by atoms with Gasteiger partial charge in [0.25, 0.3) is 0 Å². The lowest BCUT2D eigenvalue weighted by atomic mass is 10.3. The predicted molar refractivity (Wildman–Crippen MR) is 83.2 cm³/mol. The Kier molecular flexibility index (Phi) is 4.64. The third-order valence-corrected chi connectivity index (χ3v) is 4.42. The van der Waals surface area contributed by atoms with Gasteiger partial charge in [0.05, 0.1) is 21.9 Å². The standard InChI is InChI=1S/C12H12ClIN2S/c1-8-12(17-7-16-8)4-5-15-11-3-2-9(14)6-10(11)13/h2-3,6-7,15H,4-5H2,1H3. The molecule has 0 saturated heterocycles. The second kappa shape index (κ2) is 6.02. The van der Waals surface area contributed by atoms with Gasteiger partial charge in [-0.3, -0.25) is 0 Å². The zero-order chi connectivity index (χ0) is 12.3. The summed E-state index contributed by atoms with van der Waals surface area (Å²) in [6, 6.07) is 6.03. The molecule has 2 nitrogen and oxygen atoms in total. The van der Waals surface area contributed by atoms with Crippen LogP contribution in [0, 0.1) is 10.5 Å². The number of hydrogen-bond donors (Lipinski definition) is 1. The Morgan fingerprint density at radius 3 is 2.94 bits per heavy atom. The molecule has 0 unspecified atom stereocenters. The van der Waals surface area contributed by atoms with Crippen molar-refractivity contribution >= 4 is 51.2 Å². The van der Waals surface area contributed by atoms with Crippen molar-refractivity contribution in [3.8, 4) is 0 Å². The summed E-state index contributed by atoms with van der Waals surface area (Å²) >= 11 is 10.1. The molecule has 0 radical (unpaired) electrons. The SMILES string of the molecule is Cc1ncsc1CCNc1ccc(I)cc1Cl. The molecule has 2 rings (SSSR count). The van der Waals surface area contributed by atoms with Crippen molar-refractivity contribution in [1.29, 1.82) is 0 Å². The van der Waals surface area contributed by atoms with E-state index in [2.05, 4.69) is 32.9 Å². The van der Waals surface area contributed by atoms with E-state index in [4.69, 9.17) is 11.6 Å². The van der Waals surface area contributed by atoms with Crippen molar-refractivity contribution in [3.05, 3.63) is 42.9 Å². The molecule has 0 aliphatic rings. The van der Waals surface area contributed by atoms with Crippen LogP contribution in [0.1, 0.15) is 10.6 Å². The molecule has 0 fully saturated rings. The molecule has 90 valence electrons. The van der Waals surface area contributed by atoms with Gasteiger partial charge in [-0.2, -0.15) is 0 Å². The van der Waals surface area contributed by atoms with E-state index in [0.717, 1.165) is 32.9 Å². The first-order valence-electron chi connectivity index (χ1n) is 5.24. The van der Waals surface area contributed by atoms with E-state index < -0.39 is 0 Å². The Labute approximate surface area is 124 Å². The van der Waals surface area contributed by atoms with Crippen LogP contribution in [0.25, 0.3) is 0 Å². The van der Waals surface area contributed by atoms with Gasteiger partial charge in [-0.15, -0.1) is 11.3 Å². The fraction of sp³-hybridized carbons (Fsp3) is 0.250. The summed E-state index contributed by atoms with van der Waals surface area (Å²) in [7, 11) is 0. The third-order valence-electron chi connectivity index (χ3n) is 2.44. The quantitative estimate of drug-likeness (QED) is 0.799. The highest BCUT2D eigenvalue weighted by atomic mass is 127. The molecule has 0 aliphatic carbocycles. The molecule has 2 aromatic rings. The van der Waals surface area contributed by atoms with Crippen molar-refractivity contribution in [2.24, 2.45) is 0 Å². The molecule has 0 amide bonds. The highest BCUT2D eigenvalue weighted by Crippen LogP contribution is 2.24. The van der Waals surface area contributed by atoms with Gasteiger partial charge in [0.2, 0.25) is 0 Å². The normalized spacial score (nSPS) is 10.5. The number of thiazole rings is 1. The fourth-order valence-electron chi connectivity index (χ4n) is 1.51. The first-order chi connectivity index (χ1) is 8.16. The largest absolute Gasteiger partial charge is 0.383 e. The van der Waals surface area contributed by atoms with Crippen LogP contribution in [-0.4, -0.2) is 11.5 Å². The van der Waals surface area contributed by atoms with Crippen molar-refractivity contribution in [1.82, 2.24) is 4.98 Å². The highest BCUT2D eigenvalue weighted by Gasteiger charge is 2.03. The van der Waals surface area contributed by atoms with Gasteiger partial charge < -0.3 is 5.32 Å². The summed E-state index contributed by atoms with van der Waals surface area (Å²) in [5.41, 5.74) is 4.02. The number of anilines is 1. The summed E-state index contributed by atoms with van der Waals surface area (Å²) in [6.45, 7) is 2.92. The second-order valence-electron chi connectivity index (χ2n) is 3.66. The molecule has 0 atom stereocenters. The number of aryl methyl sites for hydroxylation is 1. The van der Waals surface area contributed by atoms with Gasteiger partial charge in [-0.1, -0.05) is 11.6 Å². The maximum Gasteiger partial charge on any atom is 0.0797 e. The van der Waals surface area contributed by atoms with Crippen LogP contribution in [-0.2, 0) is 6.42 Å². The van der Waals surface area contributed by atoms with Crippen LogP contribution >= 0.6 is 45.5 Å². The number of hydrogen-bond acceptors (Lipinski definition) is 3. The van der Waals surface area contributed by atoms with Gasteiger partial charge in [0.15, 0.2) is 0 Å². The third kappa shape index (κ3) is 3.56. The van der Waals surface area contributed by atoms with Gasteiger partial charge in [-0.25, -0.2) is 4.98 Å². The van der Waals surface area contributed by atoms with E-state index in [0.29, 0.717) is 0 Å². The maximum atomic E-state index is 6.14. The highest BCUT2D eigenvalue weighted by molar-refractivity contribution is 14.1. The lowest BCUT2D eigenvalue weighted by Gasteiger charge is -2.08. The van der Waals surface area contributed by atoms with Crippen molar-refractivity contribution in [3.63, 3.8) is 0 Å². The van der Waals surface area contributed by atoms with Crippen molar-refractivity contribution < 1.29 is 0 Å². The molecule has 0 aliphatic heterocycles. The summed E-state index contributed by atoms with van der Waals surface area (Å²) in [6.07, 6.45) is 0.985. The van der Waals surface area contributed by atoms with Crippen LogP contribution in [0.15, 0.2) is 23.7 Å². The van der Waals surface area contributed by atoms with Crippen LogP contribution < -0.4 is 5.32 Å². The van der Waals surface area contributed by atoms with E-state index >= 15 is 0 Å². The van der Waals surface area contributed by atoms with Gasteiger partial charge in [0, 0.05) is 21.4 Å². The van der Waals surface area contributed by atoms with Crippen LogP contribution in [0.2, 0.25) is 5.02 Å². The van der Waals surface area contributed by atoms with E-state index in [9.17, 15) is 0 Å². The van der Waals surface area contributed by atoms with Gasteiger partial charge in [-0.05, 0) is 47.7 Å². The Hall–Kier alpha value is -0.330. The molecule has 0 saturated carbocycles. The minimum Gasteiger partial charge on any atom is -0.383 e. The molecule has 1 aromatic heterocycles. The molecule has 0 bridgehead atoms. The molecule has 17 heavy (non-hydrogen) atoms. The van der Waals surface area contributed by atoms with E-state index in [1.165, 1.54) is 4.88 Å². The second-order valence-corrected chi connectivity index (χ2v) is 6.25. The first-order valence-corrected chi connectivity index (χ1v) is 7.58. The molecule has 1 aromatic carbocycles. The van der Waals surface area contributed by atoms with Crippen molar-refractivity contribution in [2.45, 2.75) is 13.3 Å². The zero-order valence-corrected chi connectivity index (χ0v) is 13.1. The molecular weight excluding hydrogens is 367 g/mol. The number of halogens is 2. The Bertz CT molecular complexity index is 513. The molecule has 0 spiro atoms. The summed E-state index contributed by atoms with van der Waals surface area (Å²) in [4.78, 5) is 5.57. The van der Waals surface area contributed by atoms with Gasteiger partial charge >= 0.3 is 0 Å². The number of aromatic nitrogens is 1. The van der Waals surface area contributed by atoms with Crippen LogP contribution in [0.5, 0.6) is 0 Å². The number of nitrogens with zero attached hydrogens (tertiary/aromatic N) is 1. The average molecular weight is 379 g/mol. The minimum atomic E-state index is 0.776. The Morgan fingerprint density at radius 1 is 1.47 bits per heavy atom.